The van der Waals surface area contributed by atoms with Gasteiger partial charge in [0.2, 0.25) is 0 Å². The van der Waals surface area contributed by atoms with Crippen LogP contribution in [0.4, 0.5) is 13.2 Å². The lowest BCUT2D eigenvalue weighted by molar-refractivity contribution is -0.137. The van der Waals surface area contributed by atoms with Gasteiger partial charge in [-0.3, -0.25) is 9.59 Å². The molecule has 4 aromatic rings. The van der Waals surface area contributed by atoms with Crippen LogP contribution in [0.1, 0.15) is 28.1 Å². The Bertz CT molecular complexity index is 1430. The number of rotatable bonds is 6. The molecule has 1 amide bonds. The van der Waals surface area contributed by atoms with Crippen LogP contribution in [0.2, 0.25) is 0 Å². The number of nitrogens with one attached hydrogen (secondary N) is 1. The SMILES string of the molecule is Cc1noc2c(Cc3ccccc3)nn(CC(=O)N/N=C\c3cccc(C(F)(F)F)c3)c(=O)c12. The zero-order chi connectivity index (χ0) is 24.3. The Balaban J connectivity index is 1.54. The molecule has 8 nitrogen and oxygen atoms in total. The van der Waals surface area contributed by atoms with Crippen molar-refractivity contribution in [2.45, 2.75) is 26.1 Å². The fraction of sp³-hybridized carbons (Fsp3) is 0.174. The third-order valence-corrected chi connectivity index (χ3v) is 4.94. The summed E-state index contributed by atoms with van der Waals surface area (Å²) < 4.78 is 44.8. The number of nitrogens with zero attached hydrogens (tertiary/aromatic N) is 4. The highest BCUT2D eigenvalue weighted by molar-refractivity contribution is 5.83. The standard InChI is InChI=1S/C23H18F3N5O3/c1-14-20-21(34-30-14)18(11-15-6-3-2-4-7-15)29-31(22(20)33)13-19(32)28-27-12-16-8-5-9-17(10-16)23(24,25)26/h2-10,12H,11,13H2,1H3,(H,28,32)/b27-12-. The summed E-state index contributed by atoms with van der Waals surface area (Å²) in [5.41, 5.74) is 2.94. The summed E-state index contributed by atoms with van der Waals surface area (Å²) in [5.74, 6) is -0.683. The molecule has 0 saturated heterocycles. The number of aryl methyl sites for hydroxylation is 1. The number of carbonyl (C=O) groups is 1. The van der Waals surface area contributed by atoms with Crippen molar-refractivity contribution < 1.29 is 22.5 Å². The predicted molar refractivity (Wildman–Crippen MR) is 117 cm³/mol. The van der Waals surface area contributed by atoms with Gasteiger partial charge in [0.1, 0.15) is 17.6 Å². The lowest BCUT2D eigenvalue weighted by Gasteiger charge is -2.08. The lowest BCUT2D eigenvalue weighted by atomic mass is 10.1. The zero-order valence-electron chi connectivity index (χ0n) is 17.8. The van der Waals surface area contributed by atoms with Crippen LogP contribution in [0.5, 0.6) is 0 Å². The number of hydrogen-bond acceptors (Lipinski definition) is 6. The number of amides is 1. The maximum atomic E-state index is 12.9. The molecule has 4 rings (SSSR count). The van der Waals surface area contributed by atoms with Crippen molar-refractivity contribution in [1.82, 2.24) is 20.4 Å². The quantitative estimate of drug-likeness (QED) is 0.344. The Hall–Kier alpha value is -4.28. The zero-order valence-corrected chi connectivity index (χ0v) is 17.8. The molecular formula is C23H18F3N5O3. The molecule has 0 saturated carbocycles. The molecule has 2 aromatic heterocycles. The average molecular weight is 469 g/mol. The largest absolute Gasteiger partial charge is 0.416 e. The molecule has 0 aliphatic carbocycles. The summed E-state index contributed by atoms with van der Waals surface area (Å²) in [6.45, 7) is 1.16. The fourth-order valence-electron chi connectivity index (χ4n) is 3.34. The lowest BCUT2D eigenvalue weighted by Crippen LogP contribution is -2.32. The first-order valence-electron chi connectivity index (χ1n) is 10.1. The van der Waals surface area contributed by atoms with Gasteiger partial charge >= 0.3 is 6.18 Å². The van der Waals surface area contributed by atoms with E-state index < -0.39 is 29.8 Å². The van der Waals surface area contributed by atoms with Gasteiger partial charge in [0, 0.05) is 6.42 Å². The van der Waals surface area contributed by atoms with Gasteiger partial charge < -0.3 is 4.52 Å². The van der Waals surface area contributed by atoms with Crippen molar-refractivity contribution in [3.8, 4) is 0 Å². The number of fused-ring (bicyclic) bond motifs is 1. The molecule has 11 heteroatoms. The van der Waals surface area contributed by atoms with Crippen LogP contribution in [0, 0.1) is 6.92 Å². The number of aromatic nitrogens is 3. The predicted octanol–water partition coefficient (Wildman–Crippen LogP) is 3.45. The molecule has 0 unspecified atom stereocenters. The highest BCUT2D eigenvalue weighted by Gasteiger charge is 2.30. The number of hydrogen-bond donors (Lipinski definition) is 1. The van der Waals surface area contributed by atoms with Crippen LogP contribution < -0.4 is 11.0 Å². The van der Waals surface area contributed by atoms with E-state index in [4.69, 9.17) is 4.52 Å². The van der Waals surface area contributed by atoms with E-state index in [0.29, 0.717) is 17.8 Å². The van der Waals surface area contributed by atoms with Gasteiger partial charge in [0.05, 0.1) is 17.5 Å². The van der Waals surface area contributed by atoms with E-state index in [2.05, 4.69) is 20.8 Å². The second-order valence-corrected chi connectivity index (χ2v) is 7.46. The second-order valence-electron chi connectivity index (χ2n) is 7.46. The van der Waals surface area contributed by atoms with Crippen molar-refractivity contribution in [2.24, 2.45) is 5.10 Å². The van der Waals surface area contributed by atoms with Gasteiger partial charge in [0.25, 0.3) is 11.5 Å². The van der Waals surface area contributed by atoms with Crippen LogP contribution in [-0.4, -0.2) is 27.1 Å². The van der Waals surface area contributed by atoms with Crippen molar-refractivity contribution in [3.63, 3.8) is 0 Å². The van der Waals surface area contributed by atoms with E-state index in [-0.39, 0.29) is 16.5 Å². The fourth-order valence-corrected chi connectivity index (χ4v) is 3.34. The minimum atomic E-state index is -4.49. The Labute approximate surface area is 190 Å². The van der Waals surface area contributed by atoms with Crippen LogP contribution in [-0.2, 0) is 23.9 Å². The summed E-state index contributed by atoms with van der Waals surface area (Å²) in [4.78, 5) is 25.2. The first-order valence-corrected chi connectivity index (χ1v) is 10.1. The van der Waals surface area contributed by atoms with E-state index >= 15 is 0 Å². The van der Waals surface area contributed by atoms with Gasteiger partial charge in [0.15, 0.2) is 5.58 Å². The molecule has 2 aromatic carbocycles. The Morgan fingerprint density at radius 2 is 1.94 bits per heavy atom. The maximum Gasteiger partial charge on any atom is 0.416 e. The number of halogens is 3. The molecule has 0 fully saturated rings. The van der Waals surface area contributed by atoms with Crippen LogP contribution >= 0.6 is 0 Å². The van der Waals surface area contributed by atoms with Gasteiger partial charge in [-0.05, 0) is 30.2 Å². The molecule has 1 N–H and O–H groups in total. The highest BCUT2D eigenvalue weighted by atomic mass is 19.4. The van der Waals surface area contributed by atoms with E-state index in [1.54, 1.807) is 6.92 Å². The Morgan fingerprint density at radius 3 is 2.68 bits per heavy atom. The molecule has 0 aliphatic rings. The van der Waals surface area contributed by atoms with Crippen molar-refractivity contribution in [2.75, 3.05) is 0 Å². The molecule has 0 aliphatic heterocycles. The molecule has 174 valence electrons. The Kier molecular flexibility index (Phi) is 6.26. The topological polar surface area (TPSA) is 102 Å². The average Bonchev–Trinajstić information content (AvgIpc) is 3.19. The van der Waals surface area contributed by atoms with Crippen LogP contribution in [0.15, 0.2) is 69.0 Å². The molecule has 2 heterocycles. The summed E-state index contributed by atoms with van der Waals surface area (Å²) in [5, 5.41) is 12.0. The highest BCUT2D eigenvalue weighted by Crippen LogP contribution is 2.29. The first kappa shape index (κ1) is 22.9. The van der Waals surface area contributed by atoms with Crippen molar-refractivity contribution >= 4 is 23.1 Å². The number of hydrazone groups is 1. The number of carbonyl (C=O) groups excluding carboxylic acids is 1. The second kappa shape index (κ2) is 9.30. The minimum absolute atomic E-state index is 0.150. The van der Waals surface area contributed by atoms with Gasteiger partial charge in [-0.2, -0.15) is 23.4 Å². The number of alkyl halides is 3. The summed E-state index contributed by atoms with van der Waals surface area (Å²) in [6.07, 6.45) is -3.06. The summed E-state index contributed by atoms with van der Waals surface area (Å²) in [7, 11) is 0. The monoisotopic (exact) mass is 469 g/mol. The molecule has 34 heavy (non-hydrogen) atoms. The van der Waals surface area contributed by atoms with Crippen LogP contribution in [0.3, 0.4) is 0 Å². The molecule has 0 bridgehead atoms. The Morgan fingerprint density at radius 1 is 1.18 bits per heavy atom. The van der Waals surface area contributed by atoms with Crippen molar-refractivity contribution in [1.29, 1.82) is 0 Å². The van der Waals surface area contributed by atoms with E-state index in [9.17, 15) is 22.8 Å². The third kappa shape index (κ3) is 5.03. The molecule has 0 spiro atoms. The normalized spacial score (nSPS) is 11.9. The van der Waals surface area contributed by atoms with Crippen molar-refractivity contribution in [3.05, 3.63) is 93.0 Å². The first-order chi connectivity index (χ1) is 16.2. The molecule has 0 radical (unpaired) electrons. The minimum Gasteiger partial charge on any atom is -0.354 e. The van der Waals surface area contributed by atoms with E-state index in [1.807, 2.05) is 30.3 Å². The summed E-state index contributed by atoms with van der Waals surface area (Å²) in [6, 6.07) is 13.9. The third-order valence-electron chi connectivity index (χ3n) is 4.94. The maximum absolute atomic E-state index is 12.9. The van der Waals surface area contributed by atoms with E-state index in [0.717, 1.165) is 28.6 Å². The molecule has 0 atom stereocenters. The van der Waals surface area contributed by atoms with Gasteiger partial charge in [-0.25, -0.2) is 10.1 Å². The molecular weight excluding hydrogens is 451 g/mol. The van der Waals surface area contributed by atoms with Gasteiger partial charge in [-0.1, -0.05) is 47.6 Å². The summed E-state index contributed by atoms with van der Waals surface area (Å²) >= 11 is 0. The smallest absolute Gasteiger partial charge is 0.354 e. The van der Waals surface area contributed by atoms with Crippen LogP contribution in [0.25, 0.3) is 11.0 Å². The van der Waals surface area contributed by atoms with E-state index in [1.165, 1.54) is 12.1 Å². The van der Waals surface area contributed by atoms with Gasteiger partial charge in [-0.15, -0.1) is 0 Å². The number of benzene rings is 2.